The molecule has 1 aliphatic rings. The molecule has 0 atom stereocenters. The number of para-hydroxylation sites is 1. The van der Waals surface area contributed by atoms with E-state index in [9.17, 15) is 0 Å². The second-order valence-corrected chi connectivity index (χ2v) is 19.4. The molecule has 2 aromatic heterocycles. The van der Waals surface area contributed by atoms with Gasteiger partial charge < -0.3 is 0 Å². The summed E-state index contributed by atoms with van der Waals surface area (Å²) < 4.78 is 7.35. The van der Waals surface area contributed by atoms with Gasteiger partial charge in [-0.2, -0.15) is 4.57 Å². The maximum atomic E-state index is 4.69. The van der Waals surface area contributed by atoms with Crippen molar-refractivity contribution in [3.63, 3.8) is 0 Å². The van der Waals surface area contributed by atoms with Crippen LogP contribution in [0.3, 0.4) is 0 Å². The van der Waals surface area contributed by atoms with Crippen LogP contribution < -0.4 is 4.57 Å². The van der Waals surface area contributed by atoms with E-state index in [1.807, 2.05) is 6.20 Å². The quantitative estimate of drug-likeness (QED) is 0.0944. The highest BCUT2D eigenvalue weighted by Gasteiger charge is 2.32. The molecule has 0 saturated heterocycles. The van der Waals surface area contributed by atoms with E-state index in [-0.39, 0.29) is 0 Å². The van der Waals surface area contributed by atoms with Crippen LogP contribution in [0.25, 0.3) is 45.3 Å². The molecular weight excluding hydrogens is 777 g/mol. The van der Waals surface area contributed by atoms with Gasteiger partial charge in [0.1, 0.15) is 23.9 Å². The fourth-order valence-corrected chi connectivity index (χ4v) is 10.3. The molecule has 0 N–H and O–H groups in total. The smallest absolute Gasteiger partial charge is 0.294 e. The summed E-state index contributed by atoms with van der Waals surface area (Å²) in [6.45, 7) is 21.5. The maximum absolute atomic E-state index is 4.69. The minimum absolute atomic E-state index is 0.464. The van der Waals surface area contributed by atoms with Crippen molar-refractivity contribution >= 4 is 0 Å². The third kappa shape index (κ3) is 10.5. The Balaban J connectivity index is 0.000000217. The van der Waals surface area contributed by atoms with E-state index in [2.05, 4.69) is 215 Å². The molecule has 1 fully saturated rings. The van der Waals surface area contributed by atoms with Crippen LogP contribution in [0, 0.1) is 12.8 Å². The number of hydrogen-bond acceptors (Lipinski definition) is 1. The molecule has 5 aromatic carbocycles. The summed E-state index contributed by atoms with van der Waals surface area (Å²) in [5.74, 6) is 5.00. The van der Waals surface area contributed by atoms with Gasteiger partial charge in [0.15, 0.2) is 0 Å². The molecular formula is C60H75N4+. The lowest BCUT2D eigenvalue weighted by Gasteiger charge is -2.28. The van der Waals surface area contributed by atoms with E-state index in [1.54, 1.807) is 11.1 Å². The van der Waals surface area contributed by atoms with Crippen molar-refractivity contribution in [2.75, 3.05) is 0 Å². The van der Waals surface area contributed by atoms with Crippen molar-refractivity contribution in [3.05, 3.63) is 168 Å². The predicted molar refractivity (Wildman–Crippen MR) is 272 cm³/mol. The van der Waals surface area contributed by atoms with Gasteiger partial charge in [0, 0.05) is 29.1 Å². The van der Waals surface area contributed by atoms with Gasteiger partial charge in [-0.3, -0.25) is 4.57 Å². The molecule has 0 amide bonds. The first-order chi connectivity index (χ1) is 31.1. The first kappa shape index (κ1) is 46.5. The molecule has 8 rings (SSSR count). The number of aryl methyl sites for hydroxylation is 1. The minimum atomic E-state index is 0.464. The van der Waals surface area contributed by atoms with Crippen LogP contribution in [0.2, 0.25) is 0 Å². The molecule has 0 spiro atoms. The van der Waals surface area contributed by atoms with Crippen LogP contribution in [0.4, 0.5) is 0 Å². The Morgan fingerprint density at radius 2 is 1.22 bits per heavy atom. The van der Waals surface area contributed by atoms with E-state index in [1.165, 1.54) is 114 Å². The molecule has 1 saturated carbocycles. The van der Waals surface area contributed by atoms with Gasteiger partial charge in [-0.05, 0) is 114 Å². The molecule has 0 radical (unpaired) electrons. The lowest BCUT2D eigenvalue weighted by atomic mass is 9.78. The molecule has 4 heteroatoms. The molecule has 4 nitrogen and oxygen atoms in total. The summed E-state index contributed by atoms with van der Waals surface area (Å²) in [5.41, 5.74) is 15.1. The topological polar surface area (TPSA) is 26.6 Å². The lowest BCUT2D eigenvalue weighted by Crippen LogP contribution is -2.37. The van der Waals surface area contributed by atoms with Crippen LogP contribution >= 0.6 is 0 Å². The van der Waals surface area contributed by atoms with E-state index in [4.69, 9.17) is 0 Å². The van der Waals surface area contributed by atoms with Crippen LogP contribution in [0.1, 0.15) is 165 Å². The Labute approximate surface area is 386 Å². The Morgan fingerprint density at radius 1 is 0.609 bits per heavy atom. The first-order valence-electron chi connectivity index (χ1n) is 24.7. The normalized spacial score (nSPS) is 13.3. The Kier molecular flexibility index (Phi) is 15.9. The minimum Gasteiger partial charge on any atom is -0.299 e. The summed E-state index contributed by atoms with van der Waals surface area (Å²) in [6, 6.07) is 42.4. The summed E-state index contributed by atoms with van der Waals surface area (Å²) in [6.07, 6.45) is 20.2. The number of benzene rings is 5. The third-order valence-electron chi connectivity index (χ3n) is 13.4. The van der Waals surface area contributed by atoms with E-state index < -0.39 is 0 Å². The number of imidazole rings is 2. The SMILES string of the molecule is CCCC(CCC)c1cc(-c2ccccc2)cc(C2CCCCC2)c1-n1cc[n+](CC(C)C)c1-c1ccccc1.Cc1ccccc1-c1nccn1-c1c(C(C)C)cccc1C(C)C. The van der Waals surface area contributed by atoms with Gasteiger partial charge in [-0.15, -0.1) is 0 Å². The standard InChI is InChI=1S/C38H49N2.C22H26N2/c1-5-16-31(17-6-2)35-26-34(30-18-10-7-11-19-30)27-36(32-20-12-8-13-21-32)37(35)40-25-24-39(28-29(3)4)38(40)33-22-14-9-15-23-33;1-15(2)18-11-8-12-19(16(3)4)21(18)24-14-13-23-22(24)20-10-7-6-9-17(20)5/h7,9-11,14-15,18-19,22-27,29,31-32H,5-6,8,12-13,16-17,20-21,28H2,1-4H3;6-16H,1-5H3/q+1;. The molecule has 64 heavy (non-hydrogen) atoms. The average Bonchev–Trinajstić information content (AvgIpc) is 3.97. The van der Waals surface area contributed by atoms with Gasteiger partial charge in [0.05, 0.1) is 17.8 Å². The zero-order valence-electron chi connectivity index (χ0n) is 40.5. The molecule has 0 aliphatic heterocycles. The van der Waals surface area contributed by atoms with Crippen LogP contribution in [0.5, 0.6) is 0 Å². The van der Waals surface area contributed by atoms with Crippen molar-refractivity contribution in [3.8, 4) is 45.3 Å². The Hall–Kier alpha value is -5.48. The zero-order valence-corrected chi connectivity index (χ0v) is 40.5. The highest BCUT2D eigenvalue weighted by molar-refractivity contribution is 5.71. The molecule has 2 heterocycles. The van der Waals surface area contributed by atoms with Crippen molar-refractivity contribution < 1.29 is 4.57 Å². The Morgan fingerprint density at radius 3 is 1.81 bits per heavy atom. The van der Waals surface area contributed by atoms with Crippen LogP contribution in [-0.4, -0.2) is 14.1 Å². The molecule has 0 unspecified atom stereocenters. The summed E-state index contributed by atoms with van der Waals surface area (Å²) in [7, 11) is 0. The molecule has 334 valence electrons. The van der Waals surface area contributed by atoms with Crippen molar-refractivity contribution in [1.29, 1.82) is 0 Å². The fraction of sp³-hybridized carbons (Fsp3) is 0.400. The summed E-state index contributed by atoms with van der Waals surface area (Å²) in [5, 5.41) is 0. The second-order valence-electron chi connectivity index (χ2n) is 19.4. The number of aromatic nitrogens is 4. The molecule has 7 aromatic rings. The third-order valence-corrected chi connectivity index (χ3v) is 13.4. The maximum Gasteiger partial charge on any atom is 0.294 e. The van der Waals surface area contributed by atoms with E-state index >= 15 is 0 Å². The van der Waals surface area contributed by atoms with Crippen LogP contribution in [0.15, 0.2) is 140 Å². The van der Waals surface area contributed by atoms with E-state index in [0.717, 1.165) is 12.4 Å². The Bertz CT molecular complexity index is 2500. The highest BCUT2D eigenvalue weighted by atomic mass is 15.2. The molecule has 1 aliphatic carbocycles. The van der Waals surface area contributed by atoms with Crippen molar-refractivity contribution in [2.45, 2.75) is 150 Å². The predicted octanol–water partition coefficient (Wildman–Crippen LogP) is 16.6. The number of hydrogen-bond donors (Lipinski definition) is 0. The lowest BCUT2D eigenvalue weighted by molar-refractivity contribution is -0.690. The van der Waals surface area contributed by atoms with Crippen molar-refractivity contribution in [1.82, 2.24) is 14.1 Å². The van der Waals surface area contributed by atoms with Crippen LogP contribution in [-0.2, 0) is 6.54 Å². The monoisotopic (exact) mass is 852 g/mol. The summed E-state index contributed by atoms with van der Waals surface area (Å²) >= 11 is 0. The average molecular weight is 852 g/mol. The molecule has 0 bridgehead atoms. The van der Waals surface area contributed by atoms with Gasteiger partial charge in [-0.25, -0.2) is 9.55 Å². The van der Waals surface area contributed by atoms with Gasteiger partial charge >= 0.3 is 0 Å². The first-order valence-corrected chi connectivity index (χ1v) is 24.7. The van der Waals surface area contributed by atoms with Gasteiger partial charge in [0.2, 0.25) is 0 Å². The largest absolute Gasteiger partial charge is 0.299 e. The second kappa shape index (κ2) is 21.9. The number of nitrogens with zero attached hydrogens (tertiary/aromatic N) is 4. The highest BCUT2D eigenvalue weighted by Crippen LogP contribution is 2.44. The van der Waals surface area contributed by atoms with Gasteiger partial charge in [0.25, 0.3) is 5.82 Å². The fourth-order valence-electron chi connectivity index (χ4n) is 10.3. The number of rotatable bonds is 15. The summed E-state index contributed by atoms with van der Waals surface area (Å²) in [4.78, 5) is 4.69. The van der Waals surface area contributed by atoms with Crippen molar-refractivity contribution in [2.24, 2.45) is 5.92 Å². The van der Waals surface area contributed by atoms with E-state index in [0.29, 0.717) is 29.6 Å². The zero-order chi connectivity index (χ0) is 45.2. The van der Waals surface area contributed by atoms with Gasteiger partial charge in [-0.1, -0.05) is 178 Å².